The molecule has 0 spiro atoms. The predicted octanol–water partition coefficient (Wildman–Crippen LogP) is 3.11. The lowest BCUT2D eigenvalue weighted by atomic mass is 10.2. The molecule has 3 rings (SSSR count). The van der Waals surface area contributed by atoms with Crippen LogP contribution in [0.4, 0.5) is 14.5 Å². The number of ether oxygens (including phenoxy) is 5. The van der Waals surface area contributed by atoms with Crippen molar-refractivity contribution in [1.82, 2.24) is 0 Å². The Balaban J connectivity index is 1.50. The number of alkyl halides is 2. The van der Waals surface area contributed by atoms with E-state index in [1.807, 2.05) is 6.07 Å². The Labute approximate surface area is 180 Å². The van der Waals surface area contributed by atoms with Crippen molar-refractivity contribution in [2.45, 2.75) is 6.29 Å². The summed E-state index contributed by atoms with van der Waals surface area (Å²) in [7, 11) is 1.43. The number of carbonyl (C=O) groups excluding carboxylic acids is 2. The van der Waals surface area contributed by atoms with Gasteiger partial charge in [-0.15, -0.1) is 8.78 Å². The van der Waals surface area contributed by atoms with E-state index in [1.165, 1.54) is 25.3 Å². The van der Waals surface area contributed by atoms with Crippen LogP contribution < -0.4 is 24.3 Å². The standard InChI is InChI=1S/C21H16F2N2O7/c1-28-17-10-13(2-5-15(17)29-9-8-24)3-7-20(27)30-12-19(26)25-14-4-6-16-18(11-14)32-21(22,23)31-16/h2-7,10-11H,9,12H2,1H3,(H,25,26)/b7-3+. The Kier molecular flexibility index (Phi) is 6.74. The zero-order valence-corrected chi connectivity index (χ0v) is 16.6. The van der Waals surface area contributed by atoms with E-state index in [2.05, 4.69) is 14.8 Å². The highest BCUT2D eigenvalue weighted by Gasteiger charge is 2.43. The van der Waals surface area contributed by atoms with Crippen LogP contribution in [0.2, 0.25) is 0 Å². The van der Waals surface area contributed by atoms with Gasteiger partial charge in [0.1, 0.15) is 6.07 Å². The van der Waals surface area contributed by atoms with Gasteiger partial charge in [0.05, 0.1) is 7.11 Å². The van der Waals surface area contributed by atoms with Crippen molar-refractivity contribution in [2.24, 2.45) is 0 Å². The fourth-order valence-electron chi connectivity index (χ4n) is 2.59. The van der Waals surface area contributed by atoms with Gasteiger partial charge in [-0.25, -0.2) is 4.79 Å². The van der Waals surface area contributed by atoms with Gasteiger partial charge in [-0.05, 0) is 35.9 Å². The summed E-state index contributed by atoms with van der Waals surface area (Å²) >= 11 is 0. The minimum Gasteiger partial charge on any atom is -0.493 e. The number of esters is 1. The van der Waals surface area contributed by atoms with E-state index in [-0.39, 0.29) is 23.8 Å². The van der Waals surface area contributed by atoms with Gasteiger partial charge in [0.15, 0.2) is 36.2 Å². The first-order valence-electron chi connectivity index (χ1n) is 9.02. The summed E-state index contributed by atoms with van der Waals surface area (Å²) in [6.07, 6.45) is -1.21. The van der Waals surface area contributed by atoms with Crippen LogP contribution in [0, 0.1) is 11.3 Å². The number of carbonyl (C=O) groups is 2. The second kappa shape index (κ2) is 9.65. The monoisotopic (exact) mass is 446 g/mol. The second-order valence-corrected chi connectivity index (χ2v) is 6.18. The van der Waals surface area contributed by atoms with Gasteiger partial charge in [0.2, 0.25) is 0 Å². The molecule has 0 saturated carbocycles. The molecule has 11 heteroatoms. The van der Waals surface area contributed by atoms with Crippen molar-refractivity contribution in [3.8, 4) is 29.1 Å². The predicted molar refractivity (Wildman–Crippen MR) is 105 cm³/mol. The third-order valence-corrected chi connectivity index (χ3v) is 3.92. The number of hydrogen-bond acceptors (Lipinski definition) is 8. The first-order chi connectivity index (χ1) is 15.3. The molecule has 0 saturated heterocycles. The Morgan fingerprint density at radius 3 is 2.69 bits per heavy atom. The van der Waals surface area contributed by atoms with Crippen molar-refractivity contribution < 1.29 is 42.1 Å². The topological polar surface area (TPSA) is 116 Å². The molecule has 2 aromatic carbocycles. The first kappa shape index (κ1) is 22.4. The lowest BCUT2D eigenvalue weighted by Gasteiger charge is -2.08. The zero-order chi connectivity index (χ0) is 23.1. The first-order valence-corrected chi connectivity index (χ1v) is 9.02. The number of anilines is 1. The highest BCUT2D eigenvalue weighted by atomic mass is 19.3. The maximum atomic E-state index is 13.0. The van der Waals surface area contributed by atoms with Crippen molar-refractivity contribution in [3.63, 3.8) is 0 Å². The molecule has 9 nitrogen and oxygen atoms in total. The van der Waals surface area contributed by atoms with Gasteiger partial charge in [-0.1, -0.05) is 6.07 Å². The summed E-state index contributed by atoms with van der Waals surface area (Å²) < 4.78 is 49.8. The van der Waals surface area contributed by atoms with Crippen molar-refractivity contribution in [3.05, 3.63) is 48.0 Å². The number of fused-ring (bicyclic) bond motifs is 1. The molecule has 1 heterocycles. The summed E-state index contributed by atoms with van der Waals surface area (Å²) in [6.45, 7) is -0.739. The maximum absolute atomic E-state index is 13.0. The highest BCUT2D eigenvalue weighted by Crippen LogP contribution is 2.42. The largest absolute Gasteiger partial charge is 0.586 e. The number of nitrogens with one attached hydrogen (secondary N) is 1. The summed E-state index contributed by atoms with van der Waals surface area (Å²) in [5, 5.41) is 11.0. The van der Waals surface area contributed by atoms with Gasteiger partial charge in [-0.3, -0.25) is 4.79 Å². The van der Waals surface area contributed by atoms with E-state index >= 15 is 0 Å². The lowest BCUT2D eigenvalue weighted by molar-refractivity contribution is -0.286. The van der Waals surface area contributed by atoms with E-state index in [4.69, 9.17) is 19.5 Å². The molecule has 0 bridgehead atoms. The fourth-order valence-corrected chi connectivity index (χ4v) is 2.59. The number of halogens is 2. The molecule has 0 fully saturated rings. The number of benzene rings is 2. The van der Waals surface area contributed by atoms with E-state index < -0.39 is 24.8 Å². The van der Waals surface area contributed by atoms with E-state index in [1.54, 1.807) is 18.2 Å². The third-order valence-electron chi connectivity index (χ3n) is 3.92. The maximum Gasteiger partial charge on any atom is 0.586 e. The zero-order valence-electron chi connectivity index (χ0n) is 16.6. The Hall–Kier alpha value is -4.33. The SMILES string of the molecule is COc1cc(/C=C/C(=O)OCC(=O)Nc2ccc3c(c2)OC(F)(F)O3)ccc1OCC#N. The van der Waals surface area contributed by atoms with Crippen LogP contribution in [0.25, 0.3) is 6.08 Å². The van der Waals surface area contributed by atoms with Crippen molar-refractivity contribution in [1.29, 1.82) is 5.26 Å². The van der Waals surface area contributed by atoms with E-state index in [9.17, 15) is 18.4 Å². The fraction of sp³-hybridized carbons (Fsp3) is 0.190. The summed E-state index contributed by atoms with van der Waals surface area (Å²) in [6, 6.07) is 10.4. The lowest BCUT2D eigenvalue weighted by Crippen LogP contribution is -2.25. The van der Waals surface area contributed by atoms with Crippen LogP contribution >= 0.6 is 0 Å². The molecule has 1 N–H and O–H groups in total. The minimum absolute atomic E-state index is 0.140. The van der Waals surface area contributed by atoms with E-state index in [0.717, 1.165) is 12.1 Å². The van der Waals surface area contributed by atoms with Crippen molar-refractivity contribution >= 4 is 23.6 Å². The van der Waals surface area contributed by atoms with Gasteiger partial charge in [-0.2, -0.15) is 5.26 Å². The number of rotatable bonds is 8. The molecule has 0 unspecified atom stereocenters. The third kappa shape index (κ3) is 5.85. The van der Waals surface area contributed by atoms with Crippen LogP contribution in [0.3, 0.4) is 0 Å². The second-order valence-electron chi connectivity index (χ2n) is 6.18. The molecule has 1 amide bonds. The molecule has 0 aromatic heterocycles. The average molecular weight is 446 g/mol. The molecule has 32 heavy (non-hydrogen) atoms. The Morgan fingerprint density at radius 2 is 1.94 bits per heavy atom. The highest BCUT2D eigenvalue weighted by molar-refractivity contribution is 5.95. The van der Waals surface area contributed by atoms with Gasteiger partial charge < -0.3 is 29.0 Å². The van der Waals surface area contributed by atoms with Crippen LogP contribution in [0.15, 0.2) is 42.5 Å². The molecular formula is C21H16F2N2O7. The Bertz CT molecular complexity index is 1100. The molecule has 166 valence electrons. The number of amides is 1. The number of nitrogens with zero attached hydrogens (tertiary/aromatic N) is 1. The molecule has 1 aliphatic heterocycles. The molecule has 0 atom stereocenters. The van der Waals surface area contributed by atoms with Crippen LogP contribution in [0.5, 0.6) is 23.0 Å². The van der Waals surface area contributed by atoms with Crippen LogP contribution in [-0.2, 0) is 14.3 Å². The number of hydrogen-bond donors (Lipinski definition) is 1. The molecule has 2 aromatic rings. The van der Waals surface area contributed by atoms with Crippen LogP contribution in [-0.4, -0.2) is 38.5 Å². The number of methoxy groups -OCH3 is 1. The summed E-state index contributed by atoms with van der Waals surface area (Å²) in [5.74, 6) is -1.11. The number of nitriles is 1. The van der Waals surface area contributed by atoms with Gasteiger partial charge >= 0.3 is 12.3 Å². The van der Waals surface area contributed by atoms with Gasteiger partial charge in [0, 0.05) is 17.8 Å². The quantitative estimate of drug-likeness (QED) is 0.486. The molecular weight excluding hydrogens is 430 g/mol. The molecule has 0 radical (unpaired) electrons. The van der Waals surface area contributed by atoms with Crippen molar-refractivity contribution in [2.75, 3.05) is 25.6 Å². The smallest absolute Gasteiger partial charge is 0.493 e. The molecule has 1 aliphatic rings. The van der Waals surface area contributed by atoms with Gasteiger partial charge in [0.25, 0.3) is 5.91 Å². The summed E-state index contributed by atoms with van der Waals surface area (Å²) in [4.78, 5) is 23.8. The summed E-state index contributed by atoms with van der Waals surface area (Å²) in [5.41, 5.74) is 0.747. The average Bonchev–Trinajstić information content (AvgIpc) is 3.08. The Morgan fingerprint density at radius 1 is 1.16 bits per heavy atom. The minimum atomic E-state index is -3.76. The van der Waals surface area contributed by atoms with Crippen LogP contribution in [0.1, 0.15) is 5.56 Å². The normalized spacial score (nSPS) is 13.3. The molecule has 0 aliphatic carbocycles. The van der Waals surface area contributed by atoms with E-state index in [0.29, 0.717) is 17.1 Å².